The number of carbonyl (C=O) groups is 1. The molecule has 0 saturated carbocycles. The van der Waals surface area contributed by atoms with Gasteiger partial charge in [-0.1, -0.05) is 26.0 Å². The van der Waals surface area contributed by atoms with Crippen molar-refractivity contribution in [3.63, 3.8) is 0 Å². The van der Waals surface area contributed by atoms with Crippen molar-refractivity contribution in [1.82, 2.24) is 0 Å². The lowest BCUT2D eigenvalue weighted by atomic mass is 9.78. The van der Waals surface area contributed by atoms with E-state index in [1.54, 1.807) is 26.0 Å². The maximum absolute atomic E-state index is 11.1. The topological polar surface area (TPSA) is 66.8 Å². The number of phenols is 1. The number of hydrogen-bond donors (Lipinski definition) is 2. The van der Waals surface area contributed by atoms with Gasteiger partial charge in [0.2, 0.25) is 0 Å². The van der Waals surface area contributed by atoms with Crippen LogP contribution in [0.3, 0.4) is 0 Å². The lowest BCUT2D eigenvalue weighted by molar-refractivity contribution is -0.152. The number of aryl methyl sites for hydroxylation is 1. The maximum Gasteiger partial charge on any atom is 0.333 e. The lowest BCUT2D eigenvalue weighted by Gasteiger charge is -2.31. The van der Waals surface area contributed by atoms with Gasteiger partial charge in [0.05, 0.1) is 0 Å². The number of phenolic OH excluding ortho intramolecular Hbond substituents is 1. The molecule has 1 aromatic rings. The quantitative estimate of drug-likeness (QED) is 0.842. The van der Waals surface area contributed by atoms with Gasteiger partial charge < -0.3 is 14.9 Å². The van der Waals surface area contributed by atoms with Gasteiger partial charge >= 0.3 is 5.97 Å². The summed E-state index contributed by atoms with van der Waals surface area (Å²) in [6.45, 7) is 5.33. The van der Waals surface area contributed by atoms with Gasteiger partial charge in [0.25, 0.3) is 0 Å². The highest BCUT2D eigenvalue weighted by Crippen LogP contribution is 2.35. The maximum atomic E-state index is 11.1. The zero-order chi connectivity index (χ0) is 13.2. The molecular weight excluding hydrogens is 220 g/mol. The largest absolute Gasteiger partial charge is 0.508 e. The van der Waals surface area contributed by atoms with Crippen molar-refractivity contribution in [2.75, 3.05) is 7.11 Å². The molecule has 0 fully saturated rings. The number of benzene rings is 1. The van der Waals surface area contributed by atoms with E-state index >= 15 is 0 Å². The monoisotopic (exact) mass is 238 g/mol. The molecule has 94 valence electrons. The van der Waals surface area contributed by atoms with E-state index in [0.29, 0.717) is 5.56 Å². The number of methoxy groups -OCH3 is 1. The summed E-state index contributed by atoms with van der Waals surface area (Å²) in [4.78, 5) is 11.1. The Morgan fingerprint density at radius 3 is 2.41 bits per heavy atom. The molecule has 2 N–H and O–H groups in total. The summed E-state index contributed by atoms with van der Waals surface area (Å²) in [7, 11) is 1.35. The zero-order valence-corrected chi connectivity index (χ0v) is 10.5. The fraction of sp³-hybridized carbons (Fsp3) is 0.462. The minimum atomic E-state index is -1.04. The fourth-order valence-corrected chi connectivity index (χ4v) is 2.03. The van der Waals surface area contributed by atoms with Crippen LogP contribution in [0.25, 0.3) is 0 Å². The van der Waals surface area contributed by atoms with Crippen molar-refractivity contribution < 1.29 is 19.7 Å². The van der Waals surface area contributed by atoms with Crippen molar-refractivity contribution in [3.8, 4) is 5.75 Å². The molecule has 1 unspecified atom stereocenters. The van der Waals surface area contributed by atoms with Gasteiger partial charge in [-0.05, 0) is 18.6 Å². The third kappa shape index (κ3) is 2.58. The van der Waals surface area contributed by atoms with Crippen LogP contribution in [0.5, 0.6) is 5.75 Å². The minimum Gasteiger partial charge on any atom is -0.508 e. The third-order valence-corrected chi connectivity index (χ3v) is 2.96. The SMILES string of the molecule is COC(C(=O)O)C(C)(C)c1ccc(C)cc1O. The normalized spacial score (nSPS) is 13.4. The Labute approximate surface area is 101 Å². The molecule has 17 heavy (non-hydrogen) atoms. The Kier molecular flexibility index (Phi) is 3.78. The molecule has 0 bridgehead atoms. The Morgan fingerprint density at radius 2 is 2.00 bits per heavy atom. The summed E-state index contributed by atoms with van der Waals surface area (Å²) in [5, 5.41) is 19.0. The first-order valence-corrected chi connectivity index (χ1v) is 5.36. The van der Waals surface area contributed by atoms with Crippen LogP contribution in [0.2, 0.25) is 0 Å². The number of rotatable bonds is 4. The minimum absolute atomic E-state index is 0.0956. The van der Waals surface area contributed by atoms with Gasteiger partial charge in [-0.25, -0.2) is 4.79 Å². The Balaban J connectivity index is 3.24. The van der Waals surface area contributed by atoms with E-state index in [-0.39, 0.29) is 5.75 Å². The van der Waals surface area contributed by atoms with Gasteiger partial charge in [-0.3, -0.25) is 0 Å². The fourth-order valence-electron chi connectivity index (χ4n) is 2.03. The molecule has 4 heteroatoms. The number of aliphatic carboxylic acids is 1. The molecule has 0 amide bonds. The third-order valence-electron chi connectivity index (χ3n) is 2.96. The van der Waals surface area contributed by atoms with Gasteiger partial charge in [-0.15, -0.1) is 0 Å². The van der Waals surface area contributed by atoms with Crippen LogP contribution in [0.1, 0.15) is 25.0 Å². The summed E-state index contributed by atoms with van der Waals surface area (Å²) in [6, 6.07) is 5.19. The number of hydrogen-bond acceptors (Lipinski definition) is 3. The van der Waals surface area contributed by atoms with E-state index in [2.05, 4.69) is 0 Å². The summed E-state index contributed by atoms with van der Waals surface area (Å²) < 4.78 is 5.01. The summed E-state index contributed by atoms with van der Waals surface area (Å²) in [5.41, 5.74) is 0.682. The van der Waals surface area contributed by atoms with Gasteiger partial charge in [0.1, 0.15) is 5.75 Å². The standard InChI is InChI=1S/C13H18O4/c1-8-5-6-9(10(14)7-8)13(2,3)11(17-4)12(15)16/h5-7,11,14H,1-4H3,(H,15,16). The van der Waals surface area contributed by atoms with Crippen molar-refractivity contribution in [2.24, 2.45) is 0 Å². The average Bonchev–Trinajstić information content (AvgIpc) is 2.16. The number of carboxylic acid groups (broad SMARTS) is 1. The molecule has 4 nitrogen and oxygen atoms in total. The predicted octanol–water partition coefficient (Wildman–Crippen LogP) is 2.08. The highest BCUT2D eigenvalue weighted by molar-refractivity contribution is 5.75. The van der Waals surface area contributed by atoms with Crippen molar-refractivity contribution in [2.45, 2.75) is 32.3 Å². The van der Waals surface area contributed by atoms with Crippen molar-refractivity contribution >= 4 is 5.97 Å². The first kappa shape index (κ1) is 13.5. The van der Waals surface area contributed by atoms with E-state index in [9.17, 15) is 9.90 Å². The van der Waals surface area contributed by atoms with Crippen molar-refractivity contribution in [3.05, 3.63) is 29.3 Å². The number of ether oxygens (including phenoxy) is 1. The molecule has 0 spiro atoms. The van der Waals surface area contributed by atoms with E-state index in [4.69, 9.17) is 9.84 Å². The van der Waals surface area contributed by atoms with E-state index in [1.807, 2.05) is 13.0 Å². The predicted molar refractivity (Wildman–Crippen MR) is 64.3 cm³/mol. The van der Waals surface area contributed by atoms with Crippen LogP contribution in [0, 0.1) is 6.92 Å². The van der Waals surface area contributed by atoms with Gasteiger partial charge in [-0.2, -0.15) is 0 Å². The molecule has 1 rings (SSSR count). The first-order valence-electron chi connectivity index (χ1n) is 5.36. The molecule has 0 aromatic heterocycles. The second kappa shape index (κ2) is 4.75. The summed E-state index contributed by atoms with van der Waals surface area (Å²) in [6.07, 6.45) is -1.00. The van der Waals surface area contributed by atoms with Crippen LogP contribution in [0.15, 0.2) is 18.2 Å². The van der Waals surface area contributed by atoms with Crippen LogP contribution in [-0.4, -0.2) is 29.4 Å². The van der Waals surface area contributed by atoms with E-state index in [0.717, 1.165) is 5.56 Å². The molecule has 0 aliphatic rings. The Hall–Kier alpha value is -1.55. The van der Waals surface area contributed by atoms with Crippen LogP contribution >= 0.6 is 0 Å². The average molecular weight is 238 g/mol. The number of aromatic hydroxyl groups is 1. The van der Waals surface area contributed by atoms with E-state index in [1.165, 1.54) is 7.11 Å². The second-order valence-electron chi connectivity index (χ2n) is 4.70. The van der Waals surface area contributed by atoms with Crippen LogP contribution in [0.4, 0.5) is 0 Å². The summed E-state index contributed by atoms with van der Waals surface area (Å²) >= 11 is 0. The van der Waals surface area contributed by atoms with Gasteiger partial charge in [0.15, 0.2) is 6.10 Å². The number of carboxylic acids is 1. The molecular formula is C13H18O4. The Bertz CT molecular complexity index is 423. The molecule has 0 heterocycles. The molecule has 1 aromatic carbocycles. The highest BCUT2D eigenvalue weighted by atomic mass is 16.5. The summed E-state index contributed by atoms with van der Waals surface area (Å²) in [5.74, 6) is -0.948. The van der Waals surface area contributed by atoms with E-state index < -0.39 is 17.5 Å². The van der Waals surface area contributed by atoms with Crippen molar-refractivity contribution in [1.29, 1.82) is 0 Å². The van der Waals surface area contributed by atoms with Crippen LogP contribution in [-0.2, 0) is 14.9 Å². The smallest absolute Gasteiger partial charge is 0.333 e. The highest BCUT2D eigenvalue weighted by Gasteiger charge is 2.38. The Morgan fingerprint density at radius 1 is 1.41 bits per heavy atom. The molecule has 0 saturated heterocycles. The lowest BCUT2D eigenvalue weighted by Crippen LogP contribution is -2.41. The molecule has 1 atom stereocenters. The first-order chi connectivity index (χ1) is 7.80. The zero-order valence-electron chi connectivity index (χ0n) is 10.5. The second-order valence-corrected chi connectivity index (χ2v) is 4.70. The molecule has 0 aliphatic carbocycles. The van der Waals surface area contributed by atoms with Gasteiger partial charge in [0, 0.05) is 18.1 Å². The molecule has 0 aliphatic heterocycles. The van der Waals surface area contributed by atoms with Crippen LogP contribution < -0.4 is 0 Å². The molecule has 0 radical (unpaired) electrons.